The first-order chi connectivity index (χ1) is 10.8. The van der Waals surface area contributed by atoms with E-state index in [4.69, 9.17) is 4.42 Å². The Hall–Kier alpha value is -2.05. The molecule has 4 aromatic heterocycles. The molecule has 0 saturated heterocycles. The quantitative estimate of drug-likeness (QED) is 0.512. The SMILES string of the molecule is Cc1ccc(-c2nc(CSc3ncc4ccccn34)cs2)o1. The largest absolute Gasteiger partial charge is 0.459 e. The van der Waals surface area contributed by atoms with Gasteiger partial charge in [0.05, 0.1) is 17.4 Å². The predicted molar refractivity (Wildman–Crippen MR) is 89.3 cm³/mol. The highest BCUT2D eigenvalue weighted by Gasteiger charge is 2.10. The van der Waals surface area contributed by atoms with Gasteiger partial charge in [-0.2, -0.15) is 0 Å². The van der Waals surface area contributed by atoms with Gasteiger partial charge in [0.25, 0.3) is 0 Å². The molecule has 0 aromatic carbocycles. The molecule has 0 spiro atoms. The average Bonchev–Trinajstić information content (AvgIpc) is 3.24. The van der Waals surface area contributed by atoms with E-state index in [-0.39, 0.29) is 0 Å². The second-order valence-corrected chi connectivity index (χ2v) is 6.68. The molecule has 0 amide bonds. The summed E-state index contributed by atoms with van der Waals surface area (Å²) in [6.07, 6.45) is 3.92. The fourth-order valence-corrected chi connectivity index (χ4v) is 3.94. The number of hydrogen-bond donors (Lipinski definition) is 0. The number of nitrogens with zero attached hydrogens (tertiary/aromatic N) is 3. The Labute approximate surface area is 135 Å². The van der Waals surface area contributed by atoms with Crippen LogP contribution >= 0.6 is 23.1 Å². The highest BCUT2D eigenvalue weighted by atomic mass is 32.2. The van der Waals surface area contributed by atoms with Crippen LogP contribution in [0.1, 0.15) is 11.5 Å². The van der Waals surface area contributed by atoms with Gasteiger partial charge in [0.2, 0.25) is 0 Å². The lowest BCUT2D eigenvalue weighted by atomic mass is 10.4. The van der Waals surface area contributed by atoms with E-state index >= 15 is 0 Å². The minimum atomic E-state index is 0.796. The molecule has 0 N–H and O–H groups in total. The van der Waals surface area contributed by atoms with E-state index in [2.05, 4.69) is 25.8 Å². The molecule has 22 heavy (non-hydrogen) atoms. The number of fused-ring (bicyclic) bond motifs is 1. The van der Waals surface area contributed by atoms with E-state index in [1.54, 1.807) is 23.1 Å². The maximum Gasteiger partial charge on any atom is 0.172 e. The summed E-state index contributed by atoms with van der Waals surface area (Å²) in [5.74, 6) is 2.54. The first-order valence-corrected chi connectivity index (χ1v) is 8.72. The third-order valence-corrected chi connectivity index (χ3v) is 5.16. The molecule has 0 atom stereocenters. The lowest BCUT2D eigenvalue weighted by Gasteiger charge is -1.99. The van der Waals surface area contributed by atoms with E-state index in [0.29, 0.717) is 0 Å². The van der Waals surface area contributed by atoms with Crippen LogP contribution in [0.3, 0.4) is 0 Å². The van der Waals surface area contributed by atoms with Crippen molar-refractivity contribution < 1.29 is 4.42 Å². The Kier molecular flexibility index (Phi) is 3.48. The molecular weight excluding hydrogens is 314 g/mol. The zero-order valence-electron chi connectivity index (χ0n) is 11.9. The van der Waals surface area contributed by atoms with Crippen LogP contribution in [0.4, 0.5) is 0 Å². The lowest BCUT2D eigenvalue weighted by Crippen LogP contribution is -1.87. The topological polar surface area (TPSA) is 43.3 Å². The molecule has 4 rings (SSSR count). The monoisotopic (exact) mass is 327 g/mol. The summed E-state index contributed by atoms with van der Waals surface area (Å²) in [6, 6.07) is 10.0. The number of thioether (sulfide) groups is 1. The summed E-state index contributed by atoms with van der Waals surface area (Å²) in [6.45, 7) is 1.94. The number of imidazole rings is 1. The molecule has 0 aliphatic heterocycles. The third kappa shape index (κ3) is 2.55. The number of pyridine rings is 1. The molecular formula is C16H13N3OS2. The molecule has 0 fully saturated rings. The van der Waals surface area contributed by atoms with Gasteiger partial charge in [0.15, 0.2) is 15.9 Å². The first-order valence-electron chi connectivity index (χ1n) is 6.86. The number of aromatic nitrogens is 3. The molecule has 0 aliphatic rings. The minimum absolute atomic E-state index is 0.796. The highest BCUT2D eigenvalue weighted by molar-refractivity contribution is 7.98. The Morgan fingerprint density at radius 1 is 1.27 bits per heavy atom. The third-order valence-electron chi connectivity index (χ3n) is 3.26. The standard InChI is InChI=1S/C16H13N3OS2/c1-11-5-6-14(20-11)15-18-12(9-21-15)10-22-16-17-8-13-4-2-3-7-19(13)16/h2-9H,10H2,1H3. The van der Waals surface area contributed by atoms with Crippen molar-refractivity contribution in [2.75, 3.05) is 0 Å². The molecule has 4 nitrogen and oxygen atoms in total. The van der Waals surface area contributed by atoms with Gasteiger partial charge in [-0.25, -0.2) is 9.97 Å². The van der Waals surface area contributed by atoms with Crippen molar-refractivity contribution in [3.63, 3.8) is 0 Å². The van der Waals surface area contributed by atoms with Crippen LogP contribution in [0.2, 0.25) is 0 Å². The first kappa shape index (κ1) is 13.6. The zero-order valence-corrected chi connectivity index (χ0v) is 13.5. The normalized spacial score (nSPS) is 11.3. The summed E-state index contributed by atoms with van der Waals surface area (Å²) >= 11 is 3.30. The second kappa shape index (κ2) is 5.62. The molecule has 110 valence electrons. The molecule has 6 heteroatoms. The zero-order chi connectivity index (χ0) is 14.9. The van der Waals surface area contributed by atoms with Crippen LogP contribution < -0.4 is 0 Å². The van der Waals surface area contributed by atoms with E-state index in [1.165, 1.54) is 0 Å². The Balaban J connectivity index is 1.51. The molecule has 4 aromatic rings. The number of furan rings is 1. The van der Waals surface area contributed by atoms with Crippen molar-refractivity contribution in [1.29, 1.82) is 0 Å². The van der Waals surface area contributed by atoms with Crippen molar-refractivity contribution in [2.45, 2.75) is 17.8 Å². The number of rotatable bonds is 4. The Morgan fingerprint density at radius 3 is 3.09 bits per heavy atom. The summed E-state index contributed by atoms with van der Waals surface area (Å²) in [5, 5.41) is 3.99. The minimum Gasteiger partial charge on any atom is -0.459 e. The molecule has 4 heterocycles. The molecule has 0 aliphatic carbocycles. The van der Waals surface area contributed by atoms with Crippen LogP contribution in [-0.4, -0.2) is 14.4 Å². The maximum atomic E-state index is 5.62. The second-order valence-electron chi connectivity index (χ2n) is 4.88. The smallest absolute Gasteiger partial charge is 0.172 e. The van der Waals surface area contributed by atoms with Gasteiger partial charge in [-0.3, -0.25) is 4.40 Å². The van der Waals surface area contributed by atoms with Crippen LogP contribution in [0.25, 0.3) is 16.3 Å². The summed E-state index contributed by atoms with van der Waals surface area (Å²) in [5.41, 5.74) is 2.15. The molecule has 0 saturated carbocycles. The lowest BCUT2D eigenvalue weighted by molar-refractivity contribution is 0.548. The fraction of sp³-hybridized carbons (Fsp3) is 0.125. The van der Waals surface area contributed by atoms with Crippen LogP contribution in [0, 0.1) is 6.92 Å². The highest BCUT2D eigenvalue weighted by Crippen LogP contribution is 2.28. The van der Waals surface area contributed by atoms with Crippen LogP contribution in [-0.2, 0) is 5.75 Å². The van der Waals surface area contributed by atoms with Crippen molar-refractivity contribution >= 4 is 28.6 Å². The van der Waals surface area contributed by atoms with Crippen molar-refractivity contribution in [3.8, 4) is 10.8 Å². The van der Waals surface area contributed by atoms with Crippen LogP contribution in [0.15, 0.2) is 57.7 Å². The van der Waals surface area contributed by atoms with Gasteiger partial charge in [-0.15, -0.1) is 11.3 Å². The fourth-order valence-electron chi connectivity index (χ4n) is 2.20. The molecule has 0 unspecified atom stereocenters. The van der Waals surface area contributed by atoms with Crippen molar-refractivity contribution in [3.05, 3.63) is 59.6 Å². The summed E-state index contributed by atoms with van der Waals surface area (Å²) in [4.78, 5) is 9.10. The van der Waals surface area contributed by atoms with Crippen molar-refractivity contribution in [2.24, 2.45) is 0 Å². The van der Waals surface area contributed by atoms with E-state index < -0.39 is 0 Å². The summed E-state index contributed by atoms with van der Waals surface area (Å²) in [7, 11) is 0. The number of thiazole rings is 1. The van der Waals surface area contributed by atoms with Gasteiger partial charge in [0, 0.05) is 17.3 Å². The Morgan fingerprint density at radius 2 is 2.23 bits per heavy atom. The average molecular weight is 327 g/mol. The van der Waals surface area contributed by atoms with Gasteiger partial charge < -0.3 is 4.42 Å². The predicted octanol–water partition coefficient (Wildman–Crippen LogP) is 4.65. The van der Waals surface area contributed by atoms with Gasteiger partial charge >= 0.3 is 0 Å². The molecule has 0 radical (unpaired) electrons. The van der Waals surface area contributed by atoms with E-state index in [0.717, 1.165) is 38.6 Å². The van der Waals surface area contributed by atoms with Gasteiger partial charge in [-0.1, -0.05) is 17.8 Å². The summed E-state index contributed by atoms with van der Waals surface area (Å²) < 4.78 is 7.71. The molecule has 0 bridgehead atoms. The van der Waals surface area contributed by atoms with Crippen LogP contribution in [0.5, 0.6) is 0 Å². The number of aryl methyl sites for hydroxylation is 1. The van der Waals surface area contributed by atoms with Gasteiger partial charge in [0.1, 0.15) is 5.76 Å². The maximum absolute atomic E-state index is 5.62. The van der Waals surface area contributed by atoms with E-state index in [9.17, 15) is 0 Å². The van der Waals surface area contributed by atoms with Gasteiger partial charge in [-0.05, 0) is 31.2 Å². The Bertz CT molecular complexity index is 922. The van der Waals surface area contributed by atoms with Crippen molar-refractivity contribution in [1.82, 2.24) is 14.4 Å². The number of hydrogen-bond acceptors (Lipinski definition) is 5. The van der Waals surface area contributed by atoms with E-state index in [1.807, 2.05) is 43.6 Å².